The molecule has 0 saturated heterocycles. The summed E-state index contributed by atoms with van der Waals surface area (Å²) in [5, 5.41) is 8.42. The first-order valence-electron chi connectivity index (χ1n) is 4.15. The molecule has 15 heavy (non-hydrogen) atoms. The summed E-state index contributed by atoms with van der Waals surface area (Å²) in [6.07, 6.45) is 0.565. The molecule has 1 rings (SSSR count). The van der Waals surface area contributed by atoms with Crippen LogP contribution in [0.5, 0.6) is 11.5 Å². The number of carbonyl (C=O) groups is 2. The Hall–Kier alpha value is -2.04. The number of methoxy groups -OCH3 is 1. The van der Waals surface area contributed by atoms with Gasteiger partial charge in [-0.05, 0) is 12.1 Å². The van der Waals surface area contributed by atoms with Crippen molar-refractivity contribution in [3.05, 3.63) is 23.8 Å². The van der Waals surface area contributed by atoms with Crippen LogP contribution in [0.15, 0.2) is 18.2 Å². The molecule has 0 aliphatic heterocycles. The van der Waals surface area contributed by atoms with Crippen molar-refractivity contribution in [1.29, 1.82) is 0 Å². The third-order valence-corrected chi connectivity index (χ3v) is 1.72. The second kappa shape index (κ2) is 4.99. The highest BCUT2D eigenvalue weighted by Crippen LogP contribution is 2.26. The second-order valence-corrected chi connectivity index (χ2v) is 2.67. The molecule has 5 heteroatoms. The van der Waals surface area contributed by atoms with E-state index in [-0.39, 0.29) is 11.3 Å². The van der Waals surface area contributed by atoms with Crippen LogP contribution >= 0.6 is 0 Å². The molecule has 80 valence electrons. The number of carboxylic acid groups (broad SMARTS) is 1. The minimum absolute atomic E-state index is 0.201. The lowest BCUT2D eigenvalue weighted by Gasteiger charge is -2.09. The van der Waals surface area contributed by atoms with Crippen LogP contribution in [-0.4, -0.2) is 31.1 Å². The van der Waals surface area contributed by atoms with E-state index in [4.69, 9.17) is 14.6 Å². The van der Waals surface area contributed by atoms with Gasteiger partial charge in [-0.2, -0.15) is 0 Å². The van der Waals surface area contributed by atoms with Crippen molar-refractivity contribution in [2.24, 2.45) is 0 Å². The molecule has 0 saturated carbocycles. The molecule has 0 heterocycles. The van der Waals surface area contributed by atoms with E-state index in [1.54, 1.807) is 12.1 Å². The van der Waals surface area contributed by atoms with Gasteiger partial charge in [0.05, 0.1) is 12.7 Å². The van der Waals surface area contributed by atoms with Crippen LogP contribution < -0.4 is 9.47 Å². The predicted octanol–water partition coefficient (Wildman–Crippen LogP) is 0.971. The van der Waals surface area contributed by atoms with Gasteiger partial charge in [0.2, 0.25) is 0 Å². The highest BCUT2D eigenvalue weighted by molar-refractivity contribution is 5.83. The van der Waals surface area contributed by atoms with Crippen molar-refractivity contribution < 1.29 is 24.2 Å². The second-order valence-electron chi connectivity index (χ2n) is 2.67. The number of carbonyl (C=O) groups excluding carboxylic acids is 1. The fourth-order valence-corrected chi connectivity index (χ4v) is 1.08. The first-order chi connectivity index (χ1) is 7.19. The van der Waals surface area contributed by atoms with Crippen molar-refractivity contribution in [1.82, 2.24) is 0 Å². The molecular formula is C10H10O5. The van der Waals surface area contributed by atoms with Crippen LogP contribution in [0.4, 0.5) is 0 Å². The fourth-order valence-electron chi connectivity index (χ4n) is 1.08. The summed E-state index contributed by atoms with van der Waals surface area (Å²) in [6.45, 7) is -0.492. The smallest absolute Gasteiger partial charge is 0.341 e. The number of aliphatic carboxylic acids is 1. The zero-order valence-corrected chi connectivity index (χ0v) is 8.10. The number of ether oxygens (including phenoxy) is 2. The maximum Gasteiger partial charge on any atom is 0.341 e. The van der Waals surface area contributed by atoms with Gasteiger partial charge in [0.25, 0.3) is 0 Å². The van der Waals surface area contributed by atoms with Crippen LogP contribution in [0.3, 0.4) is 0 Å². The Morgan fingerprint density at radius 3 is 2.67 bits per heavy atom. The number of hydrogen-bond acceptors (Lipinski definition) is 4. The highest BCUT2D eigenvalue weighted by Gasteiger charge is 2.10. The van der Waals surface area contributed by atoms with Gasteiger partial charge in [0, 0.05) is 0 Å². The van der Waals surface area contributed by atoms with Crippen molar-refractivity contribution in [2.45, 2.75) is 0 Å². The van der Waals surface area contributed by atoms with Crippen molar-refractivity contribution in [3.8, 4) is 11.5 Å². The summed E-state index contributed by atoms with van der Waals surface area (Å²) in [5.41, 5.74) is 0.209. The maximum absolute atomic E-state index is 10.7. The van der Waals surface area contributed by atoms with E-state index < -0.39 is 12.6 Å². The van der Waals surface area contributed by atoms with E-state index in [0.29, 0.717) is 12.0 Å². The molecular weight excluding hydrogens is 200 g/mol. The first-order valence-corrected chi connectivity index (χ1v) is 4.15. The lowest BCUT2D eigenvalue weighted by Crippen LogP contribution is -2.10. The molecule has 5 nitrogen and oxygen atoms in total. The summed E-state index contributed by atoms with van der Waals surface area (Å²) >= 11 is 0. The molecule has 0 aliphatic carbocycles. The van der Waals surface area contributed by atoms with E-state index in [2.05, 4.69) is 0 Å². The zero-order valence-electron chi connectivity index (χ0n) is 8.10. The Kier molecular flexibility index (Phi) is 3.68. The monoisotopic (exact) mass is 210 g/mol. The molecule has 0 fully saturated rings. The number of benzene rings is 1. The fraction of sp³-hybridized carbons (Fsp3) is 0.200. The van der Waals surface area contributed by atoms with E-state index in [1.165, 1.54) is 13.2 Å². The van der Waals surface area contributed by atoms with Crippen LogP contribution in [0.1, 0.15) is 10.4 Å². The Morgan fingerprint density at radius 2 is 2.13 bits per heavy atom. The SMILES string of the molecule is COc1cccc(OCC(=O)O)c1C=O. The lowest BCUT2D eigenvalue weighted by molar-refractivity contribution is -0.139. The Labute approximate surface area is 86.2 Å². The normalized spacial score (nSPS) is 9.40. The van der Waals surface area contributed by atoms with Crippen LogP contribution in [0.25, 0.3) is 0 Å². The minimum Gasteiger partial charge on any atom is -0.496 e. The number of rotatable bonds is 5. The third-order valence-electron chi connectivity index (χ3n) is 1.72. The van der Waals surface area contributed by atoms with E-state index in [9.17, 15) is 9.59 Å². The summed E-state index contributed by atoms with van der Waals surface area (Å²) in [7, 11) is 1.42. The predicted molar refractivity (Wildman–Crippen MR) is 51.5 cm³/mol. The molecule has 1 aromatic carbocycles. The number of aldehydes is 1. The zero-order chi connectivity index (χ0) is 11.3. The standard InChI is InChI=1S/C10H10O5/c1-14-8-3-2-4-9(7(8)5-11)15-6-10(12)13/h2-5H,6H2,1H3,(H,12,13). The van der Waals surface area contributed by atoms with Crippen LogP contribution in [0.2, 0.25) is 0 Å². The van der Waals surface area contributed by atoms with Gasteiger partial charge >= 0.3 is 5.97 Å². The van der Waals surface area contributed by atoms with E-state index in [1.807, 2.05) is 0 Å². The third kappa shape index (κ3) is 2.70. The molecule has 0 aliphatic rings. The minimum atomic E-state index is -1.10. The van der Waals surface area contributed by atoms with Gasteiger partial charge < -0.3 is 14.6 Å². The highest BCUT2D eigenvalue weighted by atomic mass is 16.5. The number of hydrogen-bond donors (Lipinski definition) is 1. The van der Waals surface area contributed by atoms with E-state index in [0.717, 1.165) is 0 Å². The molecule has 0 unspecified atom stereocenters. The van der Waals surface area contributed by atoms with Crippen LogP contribution in [0, 0.1) is 0 Å². The summed E-state index contributed by atoms with van der Waals surface area (Å²) < 4.78 is 9.85. The first kappa shape index (κ1) is 11.0. The average Bonchev–Trinajstić information content (AvgIpc) is 2.25. The largest absolute Gasteiger partial charge is 0.496 e. The molecule has 0 spiro atoms. The van der Waals surface area contributed by atoms with Gasteiger partial charge in [-0.3, -0.25) is 4.79 Å². The summed E-state index contributed by atoms with van der Waals surface area (Å²) in [5.74, 6) is -0.547. The van der Waals surface area contributed by atoms with Gasteiger partial charge in [-0.25, -0.2) is 4.79 Å². The van der Waals surface area contributed by atoms with Crippen molar-refractivity contribution in [3.63, 3.8) is 0 Å². The molecule has 1 N–H and O–H groups in total. The maximum atomic E-state index is 10.7. The molecule has 0 radical (unpaired) electrons. The molecule has 0 aromatic heterocycles. The van der Waals surface area contributed by atoms with Crippen molar-refractivity contribution in [2.75, 3.05) is 13.7 Å². The van der Waals surface area contributed by atoms with Gasteiger partial charge in [0.15, 0.2) is 12.9 Å². The van der Waals surface area contributed by atoms with Gasteiger partial charge in [-0.15, -0.1) is 0 Å². The Morgan fingerprint density at radius 1 is 1.47 bits per heavy atom. The van der Waals surface area contributed by atoms with Crippen molar-refractivity contribution >= 4 is 12.3 Å². The van der Waals surface area contributed by atoms with Crippen LogP contribution in [-0.2, 0) is 4.79 Å². The van der Waals surface area contributed by atoms with E-state index >= 15 is 0 Å². The average molecular weight is 210 g/mol. The molecule has 0 amide bonds. The molecule has 0 bridgehead atoms. The summed E-state index contributed by atoms with van der Waals surface area (Å²) in [4.78, 5) is 21.0. The Balaban J connectivity index is 2.95. The molecule has 0 atom stereocenters. The summed E-state index contributed by atoms with van der Waals surface area (Å²) in [6, 6.07) is 4.72. The lowest BCUT2D eigenvalue weighted by atomic mass is 10.2. The quantitative estimate of drug-likeness (QED) is 0.733. The Bertz CT molecular complexity index is 372. The number of carboxylic acids is 1. The topological polar surface area (TPSA) is 72.8 Å². The van der Waals surface area contributed by atoms with Gasteiger partial charge in [0.1, 0.15) is 11.5 Å². The molecule has 1 aromatic rings. The van der Waals surface area contributed by atoms with Gasteiger partial charge in [-0.1, -0.05) is 6.07 Å².